The van der Waals surface area contributed by atoms with E-state index < -0.39 is 5.97 Å². The van der Waals surface area contributed by atoms with E-state index in [0.29, 0.717) is 5.57 Å². The van der Waals surface area contributed by atoms with Crippen LogP contribution < -0.4 is 0 Å². The van der Waals surface area contributed by atoms with Gasteiger partial charge < -0.3 is 5.11 Å². The van der Waals surface area contributed by atoms with Gasteiger partial charge in [-0.2, -0.15) is 0 Å². The Bertz CT molecular complexity index is 634. The lowest BCUT2D eigenvalue weighted by Gasteiger charge is -2.05. The smallest absolute Gasteiger partial charge is 0.336 e. The summed E-state index contributed by atoms with van der Waals surface area (Å²) in [6, 6.07) is 15.7. The Morgan fingerprint density at radius 1 is 0.905 bits per heavy atom. The summed E-state index contributed by atoms with van der Waals surface area (Å²) < 4.78 is 0. The first-order valence-electron chi connectivity index (χ1n) is 7.27. The van der Waals surface area contributed by atoms with Crippen molar-refractivity contribution in [3.05, 3.63) is 70.8 Å². The lowest BCUT2D eigenvalue weighted by atomic mass is 10.00. The second-order valence-electron chi connectivity index (χ2n) is 5.01. The van der Waals surface area contributed by atoms with E-state index in [1.165, 1.54) is 11.1 Å². The number of carbonyl (C=O) groups is 1. The zero-order valence-corrected chi connectivity index (χ0v) is 12.5. The van der Waals surface area contributed by atoms with Gasteiger partial charge in [0.25, 0.3) is 0 Å². The molecule has 0 radical (unpaired) electrons. The van der Waals surface area contributed by atoms with Crippen molar-refractivity contribution in [2.24, 2.45) is 0 Å². The van der Waals surface area contributed by atoms with Crippen LogP contribution in [0.5, 0.6) is 0 Å². The van der Waals surface area contributed by atoms with Gasteiger partial charge in [0, 0.05) is 0 Å². The van der Waals surface area contributed by atoms with Crippen molar-refractivity contribution in [3.8, 4) is 0 Å². The molecule has 0 aliphatic rings. The number of hydrogen-bond acceptors (Lipinski definition) is 1. The van der Waals surface area contributed by atoms with Gasteiger partial charge in [-0.3, -0.25) is 0 Å². The van der Waals surface area contributed by atoms with E-state index in [9.17, 15) is 9.90 Å². The number of aryl methyl sites for hydroxylation is 2. The summed E-state index contributed by atoms with van der Waals surface area (Å²) >= 11 is 0. The standard InChI is InChI=1S/C19H20O2/c1-3-14-5-7-16(8-6-14)13-18(19(20)21)17-11-9-15(4-2)10-12-17/h5-13H,3-4H2,1-2H3,(H,20,21)/b18-13-. The van der Waals surface area contributed by atoms with Gasteiger partial charge in [0.1, 0.15) is 0 Å². The Kier molecular flexibility index (Phi) is 4.94. The maximum Gasteiger partial charge on any atom is 0.336 e. The first-order chi connectivity index (χ1) is 10.1. The predicted octanol–water partition coefficient (Wildman–Crippen LogP) is 4.44. The Hall–Kier alpha value is -2.35. The van der Waals surface area contributed by atoms with Crippen molar-refractivity contribution in [3.63, 3.8) is 0 Å². The summed E-state index contributed by atoms with van der Waals surface area (Å²) in [5.41, 5.74) is 4.41. The minimum Gasteiger partial charge on any atom is -0.478 e. The van der Waals surface area contributed by atoms with Gasteiger partial charge in [-0.25, -0.2) is 4.79 Å². The fraction of sp³-hybridized carbons (Fsp3) is 0.211. The van der Waals surface area contributed by atoms with Gasteiger partial charge in [-0.15, -0.1) is 0 Å². The summed E-state index contributed by atoms with van der Waals surface area (Å²) in [5, 5.41) is 9.45. The molecular formula is C19H20O2. The van der Waals surface area contributed by atoms with E-state index in [1.807, 2.05) is 48.5 Å². The van der Waals surface area contributed by atoms with Gasteiger partial charge in [0.2, 0.25) is 0 Å². The van der Waals surface area contributed by atoms with E-state index in [0.717, 1.165) is 24.0 Å². The largest absolute Gasteiger partial charge is 0.478 e. The lowest BCUT2D eigenvalue weighted by molar-refractivity contribution is -0.130. The minimum absolute atomic E-state index is 0.321. The molecule has 0 bridgehead atoms. The molecular weight excluding hydrogens is 260 g/mol. The highest BCUT2D eigenvalue weighted by Gasteiger charge is 2.10. The fourth-order valence-electron chi connectivity index (χ4n) is 2.20. The van der Waals surface area contributed by atoms with Crippen molar-refractivity contribution in [1.29, 1.82) is 0 Å². The molecule has 1 N–H and O–H groups in total. The Morgan fingerprint density at radius 3 is 1.81 bits per heavy atom. The van der Waals surface area contributed by atoms with Crippen LogP contribution in [-0.4, -0.2) is 11.1 Å². The van der Waals surface area contributed by atoms with Crippen LogP contribution in [-0.2, 0) is 17.6 Å². The first-order valence-corrected chi connectivity index (χ1v) is 7.27. The number of aliphatic carboxylic acids is 1. The monoisotopic (exact) mass is 280 g/mol. The molecule has 0 saturated heterocycles. The molecule has 0 aromatic heterocycles. The SMILES string of the molecule is CCc1ccc(/C=C(\C(=O)O)c2ccc(CC)cc2)cc1. The molecule has 0 fully saturated rings. The summed E-state index contributed by atoms with van der Waals surface area (Å²) in [4.78, 5) is 11.5. The summed E-state index contributed by atoms with van der Waals surface area (Å²) in [5.74, 6) is -0.904. The highest BCUT2D eigenvalue weighted by atomic mass is 16.4. The molecule has 21 heavy (non-hydrogen) atoms. The third-order valence-corrected chi connectivity index (χ3v) is 3.60. The van der Waals surface area contributed by atoms with E-state index in [4.69, 9.17) is 0 Å². The normalized spacial score (nSPS) is 11.4. The molecule has 108 valence electrons. The van der Waals surface area contributed by atoms with Crippen molar-refractivity contribution >= 4 is 17.6 Å². The average molecular weight is 280 g/mol. The van der Waals surface area contributed by atoms with E-state index in [-0.39, 0.29) is 0 Å². The zero-order chi connectivity index (χ0) is 15.2. The van der Waals surface area contributed by atoms with Crippen LogP contribution in [0.2, 0.25) is 0 Å². The Labute approximate surface area is 125 Å². The van der Waals surface area contributed by atoms with Crippen molar-refractivity contribution in [1.82, 2.24) is 0 Å². The topological polar surface area (TPSA) is 37.3 Å². The van der Waals surface area contributed by atoms with Crippen molar-refractivity contribution in [2.45, 2.75) is 26.7 Å². The second kappa shape index (κ2) is 6.89. The zero-order valence-electron chi connectivity index (χ0n) is 12.5. The van der Waals surface area contributed by atoms with Gasteiger partial charge in [0.15, 0.2) is 0 Å². The number of carboxylic acids is 1. The molecule has 0 aliphatic carbocycles. The highest BCUT2D eigenvalue weighted by Crippen LogP contribution is 2.20. The molecule has 0 amide bonds. The number of hydrogen-bond donors (Lipinski definition) is 1. The third-order valence-electron chi connectivity index (χ3n) is 3.60. The van der Waals surface area contributed by atoms with E-state index in [2.05, 4.69) is 13.8 Å². The summed E-state index contributed by atoms with van der Waals surface area (Å²) in [6.45, 7) is 4.18. The first kappa shape index (κ1) is 15.0. The number of benzene rings is 2. The molecule has 2 nitrogen and oxygen atoms in total. The van der Waals surface area contributed by atoms with Crippen LogP contribution in [0.4, 0.5) is 0 Å². The number of rotatable bonds is 5. The summed E-state index contributed by atoms with van der Waals surface area (Å²) in [6.07, 6.45) is 3.65. The highest BCUT2D eigenvalue weighted by molar-refractivity contribution is 6.20. The van der Waals surface area contributed by atoms with Gasteiger partial charge in [-0.05, 0) is 41.2 Å². The molecule has 2 rings (SSSR count). The van der Waals surface area contributed by atoms with Crippen LogP contribution >= 0.6 is 0 Å². The molecule has 0 atom stereocenters. The van der Waals surface area contributed by atoms with Crippen LogP contribution in [0.25, 0.3) is 11.6 Å². The molecule has 2 aromatic carbocycles. The molecule has 2 aromatic rings. The molecule has 2 heteroatoms. The average Bonchev–Trinajstić information content (AvgIpc) is 2.53. The van der Waals surface area contributed by atoms with Crippen molar-refractivity contribution in [2.75, 3.05) is 0 Å². The minimum atomic E-state index is -0.904. The summed E-state index contributed by atoms with van der Waals surface area (Å²) in [7, 11) is 0. The van der Waals surface area contributed by atoms with Crippen LogP contribution in [0.1, 0.15) is 36.1 Å². The molecule has 0 heterocycles. The number of carboxylic acid groups (broad SMARTS) is 1. The quantitative estimate of drug-likeness (QED) is 0.649. The van der Waals surface area contributed by atoms with Gasteiger partial charge >= 0.3 is 5.97 Å². The van der Waals surface area contributed by atoms with Crippen LogP contribution in [0.15, 0.2) is 48.5 Å². The van der Waals surface area contributed by atoms with Gasteiger partial charge in [0.05, 0.1) is 5.57 Å². The third kappa shape index (κ3) is 3.82. The lowest BCUT2D eigenvalue weighted by Crippen LogP contribution is -2.00. The maximum absolute atomic E-state index is 11.5. The maximum atomic E-state index is 11.5. The second-order valence-corrected chi connectivity index (χ2v) is 5.01. The van der Waals surface area contributed by atoms with Gasteiger partial charge in [-0.1, -0.05) is 62.4 Å². The van der Waals surface area contributed by atoms with Crippen LogP contribution in [0.3, 0.4) is 0 Å². The molecule has 0 aliphatic heterocycles. The molecule has 0 saturated carbocycles. The molecule has 0 unspecified atom stereocenters. The Morgan fingerprint density at radius 2 is 1.38 bits per heavy atom. The van der Waals surface area contributed by atoms with Crippen LogP contribution in [0, 0.1) is 0 Å². The predicted molar refractivity (Wildman–Crippen MR) is 87.1 cm³/mol. The fourth-order valence-corrected chi connectivity index (χ4v) is 2.20. The van der Waals surface area contributed by atoms with Crippen molar-refractivity contribution < 1.29 is 9.90 Å². The van der Waals surface area contributed by atoms with E-state index in [1.54, 1.807) is 6.08 Å². The molecule has 0 spiro atoms. The van der Waals surface area contributed by atoms with E-state index >= 15 is 0 Å². The Balaban J connectivity index is 2.36.